The summed E-state index contributed by atoms with van der Waals surface area (Å²) < 4.78 is 5.34. The molecular formula is C9H8NiOPb. The van der Waals surface area contributed by atoms with Gasteiger partial charge in [0.2, 0.25) is 0 Å². The largest absolute Gasteiger partial charge is 0.489 e. The topological polar surface area (TPSA) is 9.23 Å². The maximum Gasteiger partial charge on any atom is 0.126 e. The Kier molecular flexibility index (Phi) is 5.84. The van der Waals surface area contributed by atoms with Gasteiger partial charge in [-0.2, -0.15) is 0 Å². The number of ether oxygens (including phenoxy) is 1. The maximum absolute atomic E-state index is 5.34. The first kappa shape index (κ1) is 12.2. The van der Waals surface area contributed by atoms with E-state index >= 15 is 0 Å². The Morgan fingerprint density at radius 1 is 1.17 bits per heavy atom. The first-order chi connectivity index (χ1) is 4.97. The van der Waals surface area contributed by atoms with E-state index in [4.69, 9.17) is 4.74 Å². The summed E-state index contributed by atoms with van der Waals surface area (Å²) >= 11 is 0. The molecule has 0 fully saturated rings. The summed E-state index contributed by atoms with van der Waals surface area (Å²) in [7, 11) is 0. The Hall–Kier alpha value is 0.176. The fourth-order valence-electron chi connectivity index (χ4n) is 1.06. The average molecular weight is 398 g/mol. The van der Waals surface area contributed by atoms with Gasteiger partial charge in [0.15, 0.2) is 0 Å². The van der Waals surface area contributed by atoms with Gasteiger partial charge in [-0.15, -0.1) is 0 Å². The molecule has 1 heterocycles. The molecule has 0 unspecified atom stereocenters. The minimum atomic E-state index is 0. The average Bonchev–Trinajstić information content (AvgIpc) is 2.05. The van der Waals surface area contributed by atoms with Crippen molar-refractivity contribution in [3.63, 3.8) is 0 Å². The quantitative estimate of drug-likeness (QED) is 0.605. The van der Waals surface area contributed by atoms with Crippen molar-refractivity contribution >= 4 is 33.4 Å². The van der Waals surface area contributed by atoms with Crippen molar-refractivity contribution in [3.8, 4) is 5.75 Å². The summed E-state index contributed by atoms with van der Waals surface area (Å²) in [4.78, 5) is 0. The third kappa shape index (κ3) is 2.59. The van der Waals surface area contributed by atoms with Crippen LogP contribution in [0.25, 0.3) is 6.08 Å². The van der Waals surface area contributed by atoms with Crippen molar-refractivity contribution in [3.05, 3.63) is 35.9 Å². The molecule has 12 heavy (non-hydrogen) atoms. The zero-order valence-corrected chi connectivity index (χ0v) is 11.3. The van der Waals surface area contributed by atoms with Crippen molar-refractivity contribution in [1.29, 1.82) is 0 Å². The van der Waals surface area contributed by atoms with Gasteiger partial charge in [-0.05, 0) is 12.1 Å². The summed E-state index contributed by atoms with van der Waals surface area (Å²) in [5, 5.41) is 0. The fourth-order valence-corrected chi connectivity index (χ4v) is 1.06. The number of benzene rings is 1. The molecule has 1 aromatic carbocycles. The van der Waals surface area contributed by atoms with Gasteiger partial charge < -0.3 is 4.74 Å². The van der Waals surface area contributed by atoms with E-state index in [-0.39, 0.29) is 43.8 Å². The van der Waals surface area contributed by atoms with Crippen molar-refractivity contribution in [2.75, 3.05) is 6.61 Å². The molecule has 0 atom stereocenters. The van der Waals surface area contributed by atoms with Crippen LogP contribution < -0.4 is 4.74 Å². The zero-order valence-electron chi connectivity index (χ0n) is 6.40. The first-order valence-electron chi connectivity index (χ1n) is 3.35. The van der Waals surface area contributed by atoms with E-state index in [1.54, 1.807) is 0 Å². The van der Waals surface area contributed by atoms with Crippen LogP contribution in [0.4, 0.5) is 0 Å². The van der Waals surface area contributed by atoms with Crippen LogP contribution >= 0.6 is 0 Å². The molecule has 64 valence electrons. The standard InChI is InChI=1S/C9H8O.Ni.Pb/c1-2-6-9-8(4-1)5-3-7-10-9;;/h1-6H,7H2;;. The van der Waals surface area contributed by atoms with Gasteiger partial charge in [-0.1, -0.05) is 24.3 Å². The second kappa shape index (κ2) is 5.76. The molecule has 0 saturated carbocycles. The molecular weight excluding hydrogens is 390 g/mol. The SMILES string of the molecule is C1=Cc2ccccc2OC1.[Ni].[Pb]. The summed E-state index contributed by atoms with van der Waals surface area (Å²) in [6.07, 6.45) is 4.10. The van der Waals surface area contributed by atoms with Crippen LogP contribution in [0.3, 0.4) is 0 Å². The minimum Gasteiger partial charge on any atom is -0.489 e. The Morgan fingerprint density at radius 3 is 2.67 bits per heavy atom. The molecule has 2 rings (SSSR count). The summed E-state index contributed by atoms with van der Waals surface area (Å²) in [6.45, 7) is 0.705. The molecule has 3 heteroatoms. The van der Waals surface area contributed by atoms with E-state index in [2.05, 4.69) is 6.08 Å². The van der Waals surface area contributed by atoms with E-state index in [0.717, 1.165) is 5.75 Å². The molecule has 0 saturated heterocycles. The summed E-state index contributed by atoms with van der Waals surface area (Å²) in [5.41, 5.74) is 1.17. The number of hydrogen-bond donors (Lipinski definition) is 0. The van der Waals surface area contributed by atoms with Crippen molar-refractivity contribution in [1.82, 2.24) is 0 Å². The van der Waals surface area contributed by atoms with Crippen LogP contribution in [-0.4, -0.2) is 33.9 Å². The van der Waals surface area contributed by atoms with Crippen LogP contribution in [0.15, 0.2) is 30.3 Å². The fraction of sp³-hybridized carbons (Fsp3) is 0.111. The van der Waals surface area contributed by atoms with Crippen molar-refractivity contribution < 1.29 is 21.2 Å². The molecule has 0 spiro atoms. The summed E-state index contributed by atoms with van der Waals surface area (Å²) in [5.74, 6) is 0.991. The number of hydrogen-bond acceptors (Lipinski definition) is 1. The van der Waals surface area contributed by atoms with E-state index in [1.165, 1.54) is 5.56 Å². The van der Waals surface area contributed by atoms with Gasteiger partial charge in [0.1, 0.15) is 12.4 Å². The second-order valence-electron chi connectivity index (χ2n) is 2.25. The van der Waals surface area contributed by atoms with Gasteiger partial charge in [-0.3, -0.25) is 0 Å². The smallest absolute Gasteiger partial charge is 0.126 e. The number of fused-ring (bicyclic) bond motifs is 1. The zero-order chi connectivity index (χ0) is 6.81. The molecule has 1 aliphatic heterocycles. The van der Waals surface area contributed by atoms with Crippen molar-refractivity contribution in [2.24, 2.45) is 0 Å². The molecule has 1 nitrogen and oxygen atoms in total. The Bertz CT molecular complexity index is 273. The third-order valence-electron chi connectivity index (χ3n) is 1.55. The van der Waals surface area contributed by atoms with Gasteiger partial charge in [0, 0.05) is 49.4 Å². The molecule has 1 aliphatic rings. The van der Waals surface area contributed by atoms with Gasteiger partial charge in [0.05, 0.1) is 0 Å². The van der Waals surface area contributed by atoms with Crippen LogP contribution in [0.2, 0.25) is 0 Å². The van der Waals surface area contributed by atoms with Crippen LogP contribution in [-0.2, 0) is 16.5 Å². The molecule has 0 bridgehead atoms. The molecule has 4 radical (unpaired) electrons. The predicted octanol–water partition coefficient (Wildman–Crippen LogP) is 1.71. The van der Waals surface area contributed by atoms with Crippen LogP contribution in [0.1, 0.15) is 5.56 Å². The molecule has 1 aromatic rings. The van der Waals surface area contributed by atoms with E-state index in [9.17, 15) is 0 Å². The molecule has 0 amide bonds. The Morgan fingerprint density at radius 2 is 1.92 bits per heavy atom. The van der Waals surface area contributed by atoms with E-state index in [0.29, 0.717) is 6.61 Å². The predicted molar refractivity (Wildman–Crippen MR) is 46.7 cm³/mol. The third-order valence-corrected chi connectivity index (χ3v) is 1.55. The number of para-hydroxylation sites is 1. The minimum absolute atomic E-state index is 0. The van der Waals surface area contributed by atoms with Gasteiger partial charge in [0.25, 0.3) is 0 Å². The van der Waals surface area contributed by atoms with Crippen molar-refractivity contribution in [2.45, 2.75) is 0 Å². The maximum atomic E-state index is 5.34. The first-order valence-corrected chi connectivity index (χ1v) is 3.35. The van der Waals surface area contributed by atoms with E-state index in [1.807, 2.05) is 30.3 Å². The normalized spacial score (nSPS) is 11.7. The molecule has 0 N–H and O–H groups in total. The Labute approximate surface area is 102 Å². The monoisotopic (exact) mass is 398 g/mol. The van der Waals surface area contributed by atoms with Crippen LogP contribution in [0.5, 0.6) is 5.75 Å². The molecule has 0 aliphatic carbocycles. The Balaban J connectivity index is 0.000000605. The van der Waals surface area contributed by atoms with Gasteiger partial charge in [-0.25, -0.2) is 0 Å². The molecule has 0 aromatic heterocycles. The second-order valence-corrected chi connectivity index (χ2v) is 2.25. The number of rotatable bonds is 0. The summed E-state index contributed by atoms with van der Waals surface area (Å²) in [6, 6.07) is 8.03. The van der Waals surface area contributed by atoms with Crippen LogP contribution in [0, 0.1) is 0 Å². The van der Waals surface area contributed by atoms with E-state index < -0.39 is 0 Å². The van der Waals surface area contributed by atoms with Gasteiger partial charge >= 0.3 is 0 Å².